The van der Waals surface area contributed by atoms with Gasteiger partial charge >= 0.3 is 0 Å². The minimum atomic E-state index is -0.509. The zero-order valence-corrected chi connectivity index (χ0v) is 17.3. The second-order valence-corrected chi connectivity index (χ2v) is 6.86. The molecule has 32 heavy (non-hydrogen) atoms. The van der Waals surface area contributed by atoms with Crippen LogP contribution in [0.2, 0.25) is 5.02 Å². The van der Waals surface area contributed by atoms with Gasteiger partial charge in [-0.1, -0.05) is 17.7 Å². The van der Waals surface area contributed by atoms with Crippen molar-refractivity contribution in [2.75, 3.05) is 15.6 Å². The number of hydrogen-bond acceptors (Lipinski definition) is 7. The molecule has 158 valence electrons. The zero-order valence-electron chi connectivity index (χ0n) is 16.5. The minimum absolute atomic E-state index is 0.112. The van der Waals surface area contributed by atoms with Crippen LogP contribution in [0.3, 0.4) is 0 Å². The van der Waals surface area contributed by atoms with Gasteiger partial charge in [0.1, 0.15) is 11.5 Å². The second-order valence-electron chi connectivity index (χ2n) is 6.43. The molecule has 2 aromatic heterocycles. The van der Waals surface area contributed by atoms with Crippen molar-refractivity contribution in [1.82, 2.24) is 15.0 Å². The van der Waals surface area contributed by atoms with Crippen LogP contribution in [-0.4, -0.2) is 33.0 Å². The summed E-state index contributed by atoms with van der Waals surface area (Å²) < 4.78 is 0. The number of carbonyl (C=O) groups is 2. The first kappa shape index (κ1) is 20.9. The summed E-state index contributed by atoms with van der Waals surface area (Å²) >= 11 is 5.85. The number of benzene rings is 1. The zero-order chi connectivity index (χ0) is 22.3. The van der Waals surface area contributed by atoms with Gasteiger partial charge in [0.15, 0.2) is 0 Å². The average Bonchev–Trinajstić information content (AvgIpc) is 3.11. The number of rotatable bonds is 5. The number of carbonyl (C=O) groups excluding carboxylic acids is 2. The first-order chi connectivity index (χ1) is 15.6. The number of nitrogens with zero attached hydrogens (tertiary/aromatic N) is 5. The molecule has 0 fully saturated rings. The number of pyridine rings is 1. The van der Waals surface area contributed by atoms with E-state index >= 15 is 0 Å². The van der Waals surface area contributed by atoms with E-state index in [-0.39, 0.29) is 16.9 Å². The number of allylic oxidation sites excluding steroid dienone is 3. The molecular weight excluding hydrogens is 430 g/mol. The SMILES string of the molecule is O=C(Nc1cc(N2C=CC=CC=N2)ccc1C(=O)Nc1ccc(Cl)cn1)c1cnccn1. The van der Waals surface area contributed by atoms with Crippen LogP contribution in [0, 0.1) is 0 Å². The van der Waals surface area contributed by atoms with Crippen molar-refractivity contribution in [2.24, 2.45) is 5.10 Å². The number of hydrazone groups is 1. The molecule has 2 amide bonds. The molecular formula is C22H16ClN7O2. The van der Waals surface area contributed by atoms with E-state index in [0.29, 0.717) is 16.5 Å². The predicted molar refractivity (Wildman–Crippen MR) is 123 cm³/mol. The standard InChI is InChI=1S/C22H16ClN7O2/c23-15-4-7-20(26-13-15)29-21(31)17-6-5-16(30-11-3-1-2-8-27-30)12-18(17)28-22(32)19-14-24-9-10-25-19/h1-14H,(H,28,32)(H,26,29,31). The Morgan fingerprint density at radius 2 is 1.81 bits per heavy atom. The van der Waals surface area contributed by atoms with E-state index < -0.39 is 11.8 Å². The van der Waals surface area contributed by atoms with Crippen LogP contribution < -0.4 is 15.6 Å². The van der Waals surface area contributed by atoms with Crippen LogP contribution in [0.15, 0.2) is 84.6 Å². The van der Waals surface area contributed by atoms with Gasteiger partial charge in [-0.05, 0) is 42.5 Å². The van der Waals surface area contributed by atoms with Crippen molar-refractivity contribution in [3.8, 4) is 0 Å². The summed E-state index contributed by atoms with van der Waals surface area (Å²) in [4.78, 5) is 37.6. The topological polar surface area (TPSA) is 112 Å². The van der Waals surface area contributed by atoms with Crippen LogP contribution in [0.5, 0.6) is 0 Å². The third-order valence-corrected chi connectivity index (χ3v) is 4.48. The molecule has 1 aromatic carbocycles. The number of amides is 2. The molecule has 0 saturated heterocycles. The highest BCUT2D eigenvalue weighted by atomic mass is 35.5. The van der Waals surface area contributed by atoms with Gasteiger partial charge in [0.25, 0.3) is 11.8 Å². The molecule has 0 bridgehead atoms. The van der Waals surface area contributed by atoms with E-state index in [4.69, 9.17) is 11.6 Å². The Bertz CT molecular complexity index is 1210. The molecule has 1 aliphatic rings. The Labute approximate surface area is 188 Å². The van der Waals surface area contributed by atoms with Gasteiger partial charge in [-0.15, -0.1) is 0 Å². The maximum absolute atomic E-state index is 12.9. The summed E-state index contributed by atoms with van der Waals surface area (Å²) in [5.74, 6) is -0.649. The Balaban J connectivity index is 1.66. The molecule has 0 radical (unpaired) electrons. The number of nitrogens with one attached hydrogen (secondary N) is 2. The normalized spacial score (nSPS) is 12.3. The highest BCUT2D eigenvalue weighted by Crippen LogP contribution is 2.26. The fraction of sp³-hybridized carbons (Fsp3) is 0. The number of anilines is 3. The summed E-state index contributed by atoms with van der Waals surface area (Å²) in [6.45, 7) is 0. The third kappa shape index (κ3) is 5.02. The highest BCUT2D eigenvalue weighted by Gasteiger charge is 2.18. The molecule has 1 aliphatic heterocycles. The number of hydrogen-bond donors (Lipinski definition) is 2. The van der Waals surface area contributed by atoms with E-state index in [1.807, 2.05) is 12.2 Å². The maximum atomic E-state index is 12.9. The van der Waals surface area contributed by atoms with E-state index in [0.717, 1.165) is 0 Å². The van der Waals surface area contributed by atoms with Crippen molar-refractivity contribution in [1.29, 1.82) is 0 Å². The lowest BCUT2D eigenvalue weighted by atomic mass is 10.1. The Kier molecular flexibility index (Phi) is 6.28. The van der Waals surface area contributed by atoms with Gasteiger partial charge in [-0.3, -0.25) is 14.6 Å². The van der Waals surface area contributed by atoms with Crippen molar-refractivity contribution < 1.29 is 9.59 Å². The molecule has 0 unspecified atom stereocenters. The summed E-state index contributed by atoms with van der Waals surface area (Å²) in [5, 5.41) is 11.8. The van der Waals surface area contributed by atoms with Crippen LogP contribution in [0.4, 0.5) is 17.2 Å². The van der Waals surface area contributed by atoms with Crippen LogP contribution in [0.25, 0.3) is 0 Å². The van der Waals surface area contributed by atoms with Crippen molar-refractivity contribution in [3.05, 3.63) is 95.8 Å². The first-order valence-electron chi connectivity index (χ1n) is 9.41. The van der Waals surface area contributed by atoms with E-state index in [1.54, 1.807) is 53.8 Å². The van der Waals surface area contributed by atoms with Crippen molar-refractivity contribution >= 4 is 46.8 Å². The molecule has 4 rings (SSSR count). The van der Waals surface area contributed by atoms with Crippen LogP contribution in [-0.2, 0) is 0 Å². The smallest absolute Gasteiger partial charge is 0.275 e. The van der Waals surface area contributed by atoms with Gasteiger partial charge in [-0.2, -0.15) is 5.10 Å². The van der Waals surface area contributed by atoms with E-state index in [2.05, 4.69) is 30.7 Å². The van der Waals surface area contributed by atoms with Crippen LogP contribution in [0.1, 0.15) is 20.8 Å². The predicted octanol–water partition coefficient (Wildman–Crippen LogP) is 3.91. The molecule has 0 spiro atoms. The quantitative estimate of drug-likeness (QED) is 0.615. The summed E-state index contributed by atoms with van der Waals surface area (Å²) in [7, 11) is 0. The molecule has 10 heteroatoms. The second kappa shape index (κ2) is 9.63. The molecule has 2 N–H and O–H groups in total. The Hall–Kier alpha value is -4.37. The fourth-order valence-corrected chi connectivity index (χ4v) is 2.87. The first-order valence-corrected chi connectivity index (χ1v) is 9.79. The molecule has 3 heterocycles. The van der Waals surface area contributed by atoms with Gasteiger partial charge in [-0.25, -0.2) is 15.0 Å². The summed E-state index contributed by atoms with van der Waals surface area (Å²) in [6.07, 6.45) is 14.5. The van der Waals surface area contributed by atoms with Gasteiger partial charge < -0.3 is 10.6 Å². The maximum Gasteiger partial charge on any atom is 0.275 e. The molecule has 0 aliphatic carbocycles. The monoisotopic (exact) mass is 445 g/mol. The summed E-state index contributed by atoms with van der Waals surface area (Å²) in [5.41, 5.74) is 1.24. The largest absolute Gasteiger partial charge is 0.320 e. The lowest BCUT2D eigenvalue weighted by molar-refractivity contribution is 0.102. The molecule has 0 atom stereocenters. The van der Waals surface area contributed by atoms with E-state index in [9.17, 15) is 9.59 Å². The lowest BCUT2D eigenvalue weighted by Crippen LogP contribution is -2.20. The van der Waals surface area contributed by atoms with E-state index in [1.165, 1.54) is 24.8 Å². The van der Waals surface area contributed by atoms with Crippen LogP contribution >= 0.6 is 11.6 Å². The van der Waals surface area contributed by atoms with Gasteiger partial charge in [0.2, 0.25) is 0 Å². The molecule has 0 saturated carbocycles. The summed E-state index contributed by atoms with van der Waals surface area (Å²) in [6, 6.07) is 8.15. The number of aromatic nitrogens is 3. The highest BCUT2D eigenvalue weighted by molar-refractivity contribution is 6.30. The minimum Gasteiger partial charge on any atom is -0.320 e. The van der Waals surface area contributed by atoms with Crippen molar-refractivity contribution in [2.45, 2.75) is 0 Å². The Morgan fingerprint density at radius 1 is 0.906 bits per heavy atom. The lowest BCUT2D eigenvalue weighted by Gasteiger charge is -2.17. The molecule has 3 aromatic rings. The third-order valence-electron chi connectivity index (χ3n) is 4.25. The average molecular weight is 446 g/mol. The van der Waals surface area contributed by atoms with Gasteiger partial charge in [0, 0.05) is 31.0 Å². The fourth-order valence-electron chi connectivity index (χ4n) is 2.76. The Morgan fingerprint density at radius 3 is 2.59 bits per heavy atom. The van der Waals surface area contributed by atoms with Gasteiger partial charge in [0.05, 0.1) is 28.2 Å². The van der Waals surface area contributed by atoms with Crippen molar-refractivity contribution in [3.63, 3.8) is 0 Å². The molecule has 9 nitrogen and oxygen atoms in total. The number of halogens is 1.